The van der Waals surface area contributed by atoms with Gasteiger partial charge in [-0.2, -0.15) is 0 Å². The summed E-state index contributed by atoms with van der Waals surface area (Å²) in [4.78, 5) is 14.3. The van der Waals surface area contributed by atoms with Gasteiger partial charge >= 0.3 is 0 Å². The molecule has 2 aromatic carbocycles. The van der Waals surface area contributed by atoms with Gasteiger partial charge in [-0.1, -0.05) is 30.0 Å². The maximum absolute atomic E-state index is 11.9. The highest BCUT2D eigenvalue weighted by Crippen LogP contribution is 2.43. The second kappa shape index (κ2) is 11.5. The SMILES string of the molecule is CCS(=O)(=O)N[C@H]1CC[C@H](CN2CCC3(CC2)CN(c2ncnc4ccc(C#Cc5ccccc5)cc24)C3)CC1. The van der Waals surface area contributed by atoms with E-state index in [2.05, 4.69) is 43.5 Å². The molecule has 1 aliphatic carbocycles. The Morgan fingerprint density at radius 2 is 1.68 bits per heavy atom. The first-order valence-electron chi connectivity index (χ1n) is 14.7. The van der Waals surface area contributed by atoms with Crippen molar-refractivity contribution in [1.29, 1.82) is 0 Å². The lowest BCUT2D eigenvalue weighted by molar-refractivity contribution is 0.0621. The van der Waals surface area contributed by atoms with E-state index in [4.69, 9.17) is 4.98 Å². The largest absolute Gasteiger partial charge is 0.355 e. The summed E-state index contributed by atoms with van der Waals surface area (Å²) in [7, 11) is -3.10. The van der Waals surface area contributed by atoms with E-state index in [0.717, 1.165) is 86.3 Å². The highest BCUT2D eigenvalue weighted by atomic mass is 32.2. The molecule has 0 radical (unpaired) electrons. The fourth-order valence-corrected chi connectivity index (χ4v) is 7.55. The van der Waals surface area contributed by atoms with Crippen molar-refractivity contribution >= 4 is 26.7 Å². The molecule has 1 spiro atoms. The molecule has 0 bridgehead atoms. The smallest absolute Gasteiger partial charge is 0.211 e. The third-order valence-electron chi connectivity index (χ3n) is 9.10. The van der Waals surface area contributed by atoms with Crippen molar-refractivity contribution in [3.05, 3.63) is 66.0 Å². The zero-order chi connectivity index (χ0) is 27.6. The molecule has 3 aromatic rings. The number of anilines is 1. The van der Waals surface area contributed by atoms with E-state index in [1.54, 1.807) is 13.3 Å². The zero-order valence-corrected chi connectivity index (χ0v) is 24.2. The van der Waals surface area contributed by atoms with Gasteiger partial charge in [0, 0.05) is 47.6 Å². The number of hydrogen-bond donors (Lipinski definition) is 1. The molecule has 7 nitrogen and oxygen atoms in total. The third-order valence-corrected chi connectivity index (χ3v) is 10.6. The molecule has 0 atom stereocenters. The van der Waals surface area contributed by atoms with Gasteiger partial charge in [0.2, 0.25) is 10.0 Å². The van der Waals surface area contributed by atoms with E-state index in [1.165, 1.54) is 12.8 Å². The minimum Gasteiger partial charge on any atom is -0.355 e. The number of rotatable bonds is 6. The van der Waals surface area contributed by atoms with Crippen molar-refractivity contribution < 1.29 is 8.42 Å². The van der Waals surface area contributed by atoms with Crippen LogP contribution in [0, 0.1) is 23.2 Å². The van der Waals surface area contributed by atoms with Crippen molar-refractivity contribution in [3.8, 4) is 11.8 Å². The molecule has 3 fully saturated rings. The number of sulfonamides is 1. The molecule has 8 heteroatoms. The Bertz CT molecular complexity index is 1490. The normalized spacial score (nSPS) is 23.0. The van der Waals surface area contributed by atoms with E-state index < -0.39 is 10.0 Å². The second-order valence-corrected chi connectivity index (χ2v) is 14.0. The van der Waals surface area contributed by atoms with Gasteiger partial charge < -0.3 is 9.80 Å². The van der Waals surface area contributed by atoms with Crippen molar-refractivity contribution in [3.63, 3.8) is 0 Å². The molecule has 1 saturated carbocycles. The summed E-state index contributed by atoms with van der Waals surface area (Å²) >= 11 is 0. The number of fused-ring (bicyclic) bond motifs is 1. The number of aromatic nitrogens is 2. The average molecular weight is 558 g/mol. The van der Waals surface area contributed by atoms with Crippen LogP contribution in [0.4, 0.5) is 5.82 Å². The summed E-state index contributed by atoms with van der Waals surface area (Å²) in [5.74, 6) is 8.44. The molecule has 3 heterocycles. The molecule has 1 aromatic heterocycles. The quantitative estimate of drug-likeness (QED) is 0.452. The van der Waals surface area contributed by atoms with E-state index in [0.29, 0.717) is 11.3 Å². The predicted octanol–water partition coefficient (Wildman–Crippen LogP) is 4.43. The van der Waals surface area contributed by atoms with Gasteiger partial charge in [0.25, 0.3) is 0 Å². The second-order valence-electron chi connectivity index (χ2n) is 11.9. The van der Waals surface area contributed by atoms with Crippen molar-refractivity contribution in [2.75, 3.05) is 43.4 Å². The number of hydrogen-bond acceptors (Lipinski definition) is 6. The Hall–Kier alpha value is -2.99. The zero-order valence-electron chi connectivity index (χ0n) is 23.3. The monoisotopic (exact) mass is 557 g/mol. The highest BCUT2D eigenvalue weighted by Gasteiger charge is 2.45. The van der Waals surface area contributed by atoms with Crippen molar-refractivity contribution in [2.24, 2.45) is 11.3 Å². The molecule has 1 N–H and O–H groups in total. The molecule has 2 aliphatic heterocycles. The highest BCUT2D eigenvalue weighted by molar-refractivity contribution is 7.89. The van der Waals surface area contributed by atoms with Crippen LogP contribution in [-0.4, -0.2) is 67.8 Å². The van der Waals surface area contributed by atoms with Crippen LogP contribution in [0.5, 0.6) is 0 Å². The first kappa shape index (κ1) is 27.2. The lowest BCUT2D eigenvalue weighted by atomic mass is 9.71. The summed E-state index contributed by atoms with van der Waals surface area (Å²) in [6, 6.07) is 16.4. The summed E-state index contributed by atoms with van der Waals surface area (Å²) in [6.45, 7) is 7.26. The Morgan fingerprint density at radius 1 is 0.950 bits per heavy atom. The molecular formula is C32H39N5O2S. The topological polar surface area (TPSA) is 78.4 Å². The van der Waals surface area contributed by atoms with Crippen LogP contribution in [0.25, 0.3) is 10.9 Å². The number of nitrogens with one attached hydrogen (secondary N) is 1. The molecule has 3 aliphatic rings. The number of nitrogens with zero attached hydrogens (tertiary/aromatic N) is 4. The van der Waals surface area contributed by atoms with E-state index >= 15 is 0 Å². The average Bonchev–Trinajstić information content (AvgIpc) is 2.96. The molecule has 0 unspecified atom stereocenters. The number of benzene rings is 2. The molecule has 2 saturated heterocycles. The minimum atomic E-state index is -3.10. The van der Waals surface area contributed by atoms with Gasteiger partial charge in [0.1, 0.15) is 12.1 Å². The Balaban J connectivity index is 1.03. The van der Waals surface area contributed by atoms with E-state index in [9.17, 15) is 8.42 Å². The third kappa shape index (κ3) is 6.17. The molecule has 6 rings (SSSR count). The van der Waals surface area contributed by atoms with Gasteiger partial charge in [-0.05, 0) is 94.8 Å². The standard InChI is InChI=1S/C32H39N5O2S/c1-2-40(38,39)35-28-13-10-27(11-14-28)21-36-18-16-32(17-19-36)22-37(23-32)31-29-20-26(12-15-30(29)33-24-34-31)9-8-25-6-4-3-5-7-25/h3-7,12,15,20,24,27-28,35H,2,10-11,13-14,16-19,21-23H2,1H3/t27-,28-. The van der Waals surface area contributed by atoms with Crippen LogP contribution in [0.3, 0.4) is 0 Å². The van der Waals surface area contributed by atoms with Crippen LogP contribution in [0.15, 0.2) is 54.9 Å². The maximum atomic E-state index is 11.9. The Labute approximate surface area is 238 Å². The first-order valence-corrected chi connectivity index (χ1v) is 16.3. The molecular weight excluding hydrogens is 518 g/mol. The van der Waals surface area contributed by atoms with Crippen molar-refractivity contribution in [2.45, 2.75) is 51.5 Å². The lowest BCUT2D eigenvalue weighted by Crippen LogP contribution is -2.61. The van der Waals surface area contributed by atoms with Gasteiger partial charge in [0.15, 0.2) is 0 Å². The Morgan fingerprint density at radius 3 is 2.40 bits per heavy atom. The fraction of sp³-hybridized carbons (Fsp3) is 0.500. The summed E-state index contributed by atoms with van der Waals surface area (Å²) in [5.41, 5.74) is 3.33. The minimum absolute atomic E-state index is 0.122. The summed E-state index contributed by atoms with van der Waals surface area (Å²) in [5, 5.41) is 1.08. The van der Waals surface area contributed by atoms with Crippen LogP contribution in [0.2, 0.25) is 0 Å². The van der Waals surface area contributed by atoms with Gasteiger partial charge in [-0.25, -0.2) is 23.1 Å². The molecule has 210 valence electrons. The van der Waals surface area contributed by atoms with Gasteiger partial charge in [-0.15, -0.1) is 0 Å². The van der Waals surface area contributed by atoms with Crippen LogP contribution < -0.4 is 9.62 Å². The van der Waals surface area contributed by atoms with Crippen LogP contribution in [0.1, 0.15) is 56.6 Å². The first-order chi connectivity index (χ1) is 19.4. The maximum Gasteiger partial charge on any atom is 0.211 e. The lowest BCUT2D eigenvalue weighted by Gasteiger charge is -2.55. The van der Waals surface area contributed by atoms with E-state index in [1.807, 2.05) is 36.4 Å². The van der Waals surface area contributed by atoms with Crippen molar-refractivity contribution in [1.82, 2.24) is 19.6 Å². The Kier molecular flexibility index (Phi) is 7.80. The number of piperidine rings is 1. The molecule has 40 heavy (non-hydrogen) atoms. The number of likely N-dealkylation sites (tertiary alicyclic amines) is 1. The van der Waals surface area contributed by atoms with Crippen LogP contribution >= 0.6 is 0 Å². The molecule has 0 amide bonds. The fourth-order valence-electron chi connectivity index (χ4n) is 6.64. The summed E-state index contributed by atoms with van der Waals surface area (Å²) < 4.78 is 26.7. The van der Waals surface area contributed by atoms with Gasteiger partial charge in [0.05, 0.1) is 11.3 Å². The van der Waals surface area contributed by atoms with Gasteiger partial charge in [-0.3, -0.25) is 0 Å². The van der Waals surface area contributed by atoms with Crippen LogP contribution in [-0.2, 0) is 10.0 Å². The summed E-state index contributed by atoms with van der Waals surface area (Å²) in [6.07, 6.45) is 8.29. The van der Waals surface area contributed by atoms with E-state index in [-0.39, 0.29) is 11.8 Å². The predicted molar refractivity (Wildman–Crippen MR) is 161 cm³/mol.